The smallest absolute Gasteiger partial charge is 0.338 e. The zero-order chi connectivity index (χ0) is 22.5. The van der Waals surface area contributed by atoms with E-state index in [0.29, 0.717) is 21.9 Å². The molecule has 0 spiro atoms. The number of benzene rings is 2. The minimum Gasteiger partial charge on any atom is -0.482 e. The molecule has 0 aliphatic carbocycles. The van der Waals surface area contributed by atoms with Crippen molar-refractivity contribution in [2.45, 2.75) is 39.5 Å². The minimum absolute atomic E-state index is 0.140. The molecule has 2 aromatic rings. The highest BCUT2D eigenvalue weighted by Gasteiger charge is 2.33. The van der Waals surface area contributed by atoms with Crippen LogP contribution in [0.5, 0.6) is 5.75 Å². The van der Waals surface area contributed by atoms with Crippen molar-refractivity contribution in [2.24, 2.45) is 0 Å². The van der Waals surface area contributed by atoms with Gasteiger partial charge in [-0.3, -0.25) is 10.1 Å². The Morgan fingerprint density at radius 2 is 1.94 bits per heavy atom. The van der Waals surface area contributed by atoms with Gasteiger partial charge in [-0.2, -0.15) is 0 Å². The van der Waals surface area contributed by atoms with Crippen molar-refractivity contribution < 1.29 is 19.2 Å². The molecule has 0 saturated carbocycles. The summed E-state index contributed by atoms with van der Waals surface area (Å²) in [5.74, 6) is -0.381. The second kappa shape index (κ2) is 9.57. The molecule has 162 valence electrons. The van der Waals surface area contributed by atoms with Crippen molar-refractivity contribution in [3.8, 4) is 5.75 Å². The van der Waals surface area contributed by atoms with Gasteiger partial charge in [0, 0.05) is 11.8 Å². The molecule has 0 radical (unpaired) electrons. The van der Waals surface area contributed by atoms with E-state index in [1.165, 1.54) is 12.1 Å². The average Bonchev–Trinajstić information content (AvgIpc) is 2.71. The number of nitro groups is 1. The lowest BCUT2D eigenvalue weighted by Crippen LogP contribution is -2.45. The van der Waals surface area contributed by atoms with Crippen LogP contribution >= 0.6 is 12.2 Å². The lowest BCUT2D eigenvalue weighted by molar-refractivity contribution is -0.386. The van der Waals surface area contributed by atoms with Gasteiger partial charge in [0.15, 0.2) is 10.9 Å². The number of ether oxygens (including phenoxy) is 2. The predicted octanol–water partition coefficient (Wildman–Crippen LogP) is 3.92. The third-order valence-corrected chi connectivity index (χ3v) is 4.80. The summed E-state index contributed by atoms with van der Waals surface area (Å²) in [6, 6.07) is 13.3. The lowest BCUT2D eigenvalue weighted by atomic mass is 9.95. The van der Waals surface area contributed by atoms with Crippen LogP contribution in [0, 0.1) is 10.1 Å². The number of hydrogen-bond acceptors (Lipinski definition) is 6. The first-order valence-corrected chi connectivity index (χ1v) is 10.1. The highest BCUT2D eigenvalue weighted by Crippen LogP contribution is 2.35. The summed E-state index contributed by atoms with van der Waals surface area (Å²) in [6.07, 6.45) is -0.314. The summed E-state index contributed by atoms with van der Waals surface area (Å²) in [5.41, 5.74) is 2.04. The van der Waals surface area contributed by atoms with E-state index in [-0.39, 0.29) is 24.1 Å². The topological polar surface area (TPSA) is 103 Å². The molecule has 0 amide bonds. The summed E-state index contributed by atoms with van der Waals surface area (Å²) in [4.78, 5) is 23.9. The molecule has 1 aliphatic heterocycles. The van der Waals surface area contributed by atoms with Gasteiger partial charge in [0.1, 0.15) is 6.61 Å². The molecular weight excluding hydrogens is 418 g/mol. The van der Waals surface area contributed by atoms with Gasteiger partial charge in [0.05, 0.1) is 22.6 Å². The van der Waals surface area contributed by atoms with Crippen LogP contribution in [0.4, 0.5) is 5.69 Å². The van der Waals surface area contributed by atoms with Gasteiger partial charge in [0.2, 0.25) is 0 Å². The van der Waals surface area contributed by atoms with E-state index >= 15 is 0 Å². The molecule has 1 aliphatic rings. The number of carbonyl (C=O) groups excluding carboxylic acids is 1. The number of rotatable bonds is 7. The van der Waals surface area contributed by atoms with Crippen molar-refractivity contribution in [1.29, 1.82) is 0 Å². The molecule has 1 atom stereocenters. The molecule has 0 fully saturated rings. The molecular formula is C22H23N3O5S. The summed E-state index contributed by atoms with van der Waals surface area (Å²) in [6.45, 7) is 5.41. The lowest BCUT2D eigenvalue weighted by Gasteiger charge is -2.30. The fraction of sp³-hybridized carbons (Fsp3) is 0.273. The number of allylic oxidation sites excluding steroid dienone is 1. The quantitative estimate of drug-likeness (QED) is 0.288. The molecule has 0 aromatic heterocycles. The Kier molecular flexibility index (Phi) is 6.86. The Labute approximate surface area is 185 Å². The first-order chi connectivity index (χ1) is 14.8. The molecule has 9 heteroatoms. The second-order valence-corrected chi connectivity index (χ2v) is 7.69. The van der Waals surface area contributed by atoms with Gasteiger partial charge in [-0.05, 0) is 50.2 Å². The van der Waals surface area contributed by atoms with Crippen molar-refractivity contribution in [3.05, 3.63) is 81.0 Å². The SMILES string of the molecule is CC1=C(C(=O)OC(C)C)[C@@H](c2ccc(OCc3ccccc3)c([N+](=O)[O-])c2)NC(=S)N1. The molecule has 2 N–H and O–H groups in total. The number of hydrogen-bond donors (Lipinski definition) is 2. The van der Waals surface area contributed by atoms with E-state index in [2.05, 4.69) is 10.6 Å². The molecule has 2 aromatic carbocycles. The standard InChI is InChI=1S/C22H23N3O5S/c1-13(2)30-21(26)19-14(3)23-22(31)24-20(19)16-9-10-18(17(11-16)25(27)28)29-12-15-7-5-4-6-8-15/h4-11,13,20H,12H2,1-3H3,(H2,23,24,31)/t20-/m1/s1. The van der Waals surface area contributed by atoms with Crippen LogP contribution in [-0.4, -0.2) is 22.1 Å². The van der Waals surface area contributed by atoms with Gasteiger partial charge in [0.25, 0.3) is 0 Å². The zero-order valence-electron chi connectivity index (χ0n) is 17.4. The Balaban J connectivity index is 1.94. The van der Waals surface area contributed by atoms with Crippen LogP contribution < -0.4 is 15.4 Å². The van der Waals surface area contributed by atoms with Gasteiger partial charge >= 0.3 is 11.7 Å². The van der Waals surface area contributed by atoms with E-state index in [4.69, 9.17) is 21.7 Å². The maximum Gasteiger partial charge on any atom is 0.338 e. The highest BCUT2D eigenvalue weighted by molar-refractivity contribution is 7.80. The van der Waals surface area contributed by atoms with E-state index in [1.54, 1.807) is 26.8 Å². The van der Waals surface area contributed by atoms with Crippen molar-refractivity contribution in [2.75, 3.05) is 0 Å². The summed E-state index contributed by atoms with van der Waals surface area (Å²) in [5, 5.41) is 18.0. The van der Waals surface area contributed by atoms with E-state index in [9.17, 15) is 14.9 Å². The van der Waals surface area contributed by atoms with E-state index < -0.39 is 16.9 Å². The summed E-state index contributed by atoms with van der Waals surface area (Å²) >= 11 is 5.23. The Morgan fingerprint density at radius 1 is 1.23 bits per heavy atom. The first-order valence-electron chi connectivity index (χ1n) is 9.70. The monoisotopic (exact) mass is 441 g/mol. The van der Waals surface area contributed by atoms with Crippen LogP contribution in [-0.2, 0) is 16.1 Å². The van der Waals surface area contributed by atoms with Crippen molar-refractivity contribution >= 4 is 29.0 Å². The van der Waals surface area contributed by atoms with Crippen LogP contribution in [0.15, 0.2) is 59.8 Å². The summed E-state index contributed by atoms with van der Waals surface area (Å²) < 4.78 is 11.0. The highest BCUT2D eigenvalue weighted by atomic mass is 32.1. The number of thiocarbonyl (C=S) groups is 1. The van der Waals surface area contributed by atoms with Gasteiger partial charge in [-0.1, -0.05) is 36.4 Å². The fourth-order valence-corrected chi connectivity index (χ4v) is 3.48. The minimum atomic E-state index is -0.693. The van der Waals surface area contributed by atoms with Gasteiger partial charge in [-0.15, -0.1) is 0 Å². The number of nitrogens with one attached hydrogen (secondary N) is 2. The molecule has 0 bridgehead atoms. The maximum absolute atomic E-state index is 12.7. The average molecular weight is 442 g/mol. The Hall–Kier alpha value is -3.46. The molecule has 0 unspecified atom stereocenters. The second-order valence-electron chi connectivity index (χ2n) is 7.28. The van der Waals surface area contributed by atoms with Crippen molar-refractivity contribution in [1.82, 2.24) is 10.6 Å². The number of carbonyl (C=O) groups is 1. The number of esters is 1. The van der Waals surface area contributed by atoms with Crippen LogP contribution in [0.2, 0.25) is 0 Å². The largest absolute Gasteiger partial charge is 0.482 e. The van der Waals surface area contributed by atoms with Crippen LogP contribution in [0.3, 0.4) is 0 Å². The predicted molar refractivity (Wildman–Crippen MR) is 119 cm³/mol. The molecule has 31 heavy (non-hydrogen) atoms. The number of nitrogens with zero attached hydrogens (tertiary/aromatic N) is 1. The van der Waals surface area contributed by atoms with Crippen LogP contribution in [0.1, 0.15) is 37.9 Å². The van der Waals surface area contributed by atoms with Gasteiger partial charge < -0.3 is 20.1 Å². The Bertz CT molecular complexity index is 1040. The summed E-state index contributed by atoms with van der Waals surface area (Å²) in [7, 11) is 0. The van der Waals surface area contributed by atoms with E-state index in [1.807, 2.05) is 30.3 Å². The van der Waals surface area contributed by atoms with Gasteiger partial charge in [-0.25, -0.2) is 4.79 Å². The van der Waals surface area contributed by atoms with Crippen LogP contribution in [0.25, 0.3) is 0 Å². The molecule has 0 saturated heterocycles. The molecule has 3 rings (SSSR count). The maximum atomic E-state index is 12.7. The third kappa shape index (κ3) is 5.37. The molecule has 1 heterocycles. The Morgan fingerprint density at radius 3 is 2.58 bits per heavy atom. The third-order valence-electron chi connectivity index (χ3n) is 4.58. The molecule has 8 nitrogen and oxygen atoms in total. The normalized spacial score (nSPS) is 15.9. The van der Waals surface area contributed by atoms with Crippen molar-refractivity contribution in [3.63, 3.8) is 0 Å². The first kappa shape index (κ1) is 22.2. The van der Waals surface area contributed by atoms with E-state index in [0.717, 1.165) is 5.56 Å². The number of nitro benzene ring substituents is 1. The fourth-order valence-electron chi connectivity index (χ4n) is 3.21. The zero-order valence-corrected chi connectivity index (χ0v) is 18.2.